The van der Waals surface area contributed by atoms with E-state index in [2.05, 4.69) is 17.1 Å². The summed E-state index contributed by atoms with van der Waals surface area (Å²) in [6.07, 6.45) is 6.15. The Hall–Kier alpha value is -0.610. The Morgan fingerprint density at radius 3 is 2.68 bits per heavy atom. The second-order valence-corrected chi connectivity index (χ2v) is 6.10. The van der Waals surface area contributed by atoms with Crippen molar-refractivity contribution < 1.29 is 4.79 Å². The zero-order chi connectivity index (χ0) is 14.1. The van der Waals surface area contributed by atoms with Crippen molar-refractivity contribution in [2.24, 2.45) is 11.7 Å². The Bertz CT molecular complexity index is 248. The van der Waals surface area contributed by atoms with Gasteiger partial charge in [0.1, 0.15) is 0 Å². The predicted molar refractivity (Wildman–Crippen MR) is 80.0 cm³/mol. The summed E-state index contributed by atoms with van der Waals surface area (Å²) in [5, 5.41) is 3.00. The molecule has 1 heterocycles. The van der Waals surface area contributed by atoms with E-state index in [1.807, 2.05) is 6.92 Å². The van der Waals surface area contributed by atoms with Gasteiger partial charge in [-0.1, -0.05) is 6.92 Å². The van der Waals surface area contributed by atoms with Crippen LogP contribution >= 0.6 is 0 Å². The Labute approximate surface area is 118 Å². The molecule has 1 amide bonds. The predicted octanol–water partition coefficient (Wildman–Crippen LogP) is 1.74. The van der Waals surface area contributed by atoms with Gasteiger partial charge in [0.25, 0.3) is 0 Å². The van der Waals surface area contributed by atoms with E-state index >= 15 is 0 Å². The van der Waals surface area contributed by atoms with Gasteiger partial charge in [-0.25, -0.2) is 0 Å². The van der Waals surface area contributed by atoms with Crippen LogP contribution < -0.4 is 11.1 Å². The average Bonchev–Trinajstić information content (AvgIpc) is 2.36. The van der Waals surface area contributed by atoms with E-state index in [4.69, 9.17) is 5.73 Å². The van der Waals surface area contributed by atoms with E-state index in [1.54, 1.807) is 0 Å². The number of carbonyl (C=O) groups excluding carboxylic acids is 1. The van der Waals surface area contributed by atoms with E-state index in [1.165, 1.54) is 25.9 Å². The first-order valence-corrected chi connectivity index (χ1v) is 7.82. The normalized spacial score (nSPS) is 19.3. The maximum Gasteiger partial charge on any atom is 0.219 e. The number of nitrogens with one attached hydrogen (secondary N) is 1. The van der Waals surface area contributed by atoms with Crippen molar-refractivity contribution in [2.75, 3.05) is 26.2 Å². The summed E-state index contributed by atoms with van der Waals surface area (Å²) in [5.41, 5.74) is 5.66. The first kappa shape index (κ1) is 16.4. The highest BCUT2D eigenvalue weighted by Gasteiger charge is 2.14. The van der Waals surface area contributed by atoms with E-state index in [-0.39, 0.29) is 11.9 Å². The van der Waals surface area contributed by atoms with Gasteiger partial charge < -0.3 is 16.0 Å². The van der Waals surface area contributed by atoms with E-state index in [0.29, 0.717) is 6.42 Å². The summed E-state index contributed by atoms with van der Waals surface area (Å²) >= 11 is 0. The Morgan fingerprint density at radius 1 is 1.37 bits per heavy atom. The quantitative estimate of drug-likeness (QED) is 0.660. The minimum absolute atomic E-state index is 0.174. The fraction of sp³-hybridized carbons (Fsp3) is 0.933. The molecule has 0 aliphatic carbocycles. The molecule has 1 aliphatic heterocycles. The molecule has 1 saturated heterocycles. The number of nitrogens with two attached hydrogens (primary N) is 1. The van der Waals surface area contributed by atoms with E-state index in [9.17, 15) is 4.79 Å². The van der Waals surface area contributed by atoms with Crippen LogP contribution in [0, 0.1) is 5.92 Å². The maximum atomic E-state index is 11.6. The molecule has 3 N–H and O–H groups in total. The Kier molecular flexibility index (Phi) is 8.07. The van der Waals surface area contributed by atoms with Crippen molar-refractivity contribution in [2.45, 2.75) is 58.4 Å². The molecule has 19 heavy (non-hydrogen) atoms. The molecule has 1 unspecified atom stereocenters. The molecule has 0 spiro atoms. The molecule has 0 aromatic rings. The summed E-state index contributed by atoms with van der Waals surface area (Å²) < 4.78 is 0. The van der Waals surface area contributed by atoms with Crippen molar-refractivity contribution in [3.05, 3.63) is 0 Å². The van der Waals surface area contributed by atoms with E-state index < -0.39 is 0 Å². The lowest BCUT2D eigenvalue weighted by Crippen LogP contribution is -2.35. The first-order valence-electron chi connectivity index (χ1n) is 7.82. The molecule has 1 fully saturated rings. The number of piperidine rings is 1. The highest BCUT2D eigenvalue weighted by molar-refractivity contribution is 5.75. The van der Waals surface area contributed by atoms with E-state index in [0.717, 1.165) is 38.3 Å². The molecule has 0 bridgehead atoms. The van der Waals surface area contributed by atoms with Crippen molar-refractivity contribution in [3.63, 3.8) is 0 Å². The molecule has 0 aromatic carbocycles. The highest BCUT2D eigenvalue weighted by atomic mass is 16.1. The first-order chi connectivity index (χ1) is 9.08. The number of hydrogen-bond acceptors (Lipinski definition) is 3. The standard InChI is InChI=1S/C15H31N3O/c1-13-7-11-18(12-8-13)10-4-9-17-15(19)6-3-5-14(2)16/h13-14H,3-12,16H2,1-2H3,(H,17,19). The highest BCUT2D eigenvalue weighted by Crippen LogP contribution is 2.15. The van der Waals surface area contributed by atoms with Crippen molar-refractivity contribution >= 4 is 5.91 Å². The fourth-order valence-electron chi connectivity index (χ4n) is 2.49. The third-order valence-corrected chi connectivity index (χ3v) is 3.91. The van der Waals surface area contributed by atoms with Crippen molar-refractivity contribution in [1.82, 2.24) is 10.2 Å². The SMILES string of the molecule is CC(N)CCCC(=O)NCCCN1CCC(C)CC1. The molecular formula is C15H31N3O. The van der Waals surface area contributed by atoms with Crippen LogP contribution in [0.2, 0.25) is 0 Å². The minimum atomic E-state index is 0.174. The topological polar surface area (TPSA) is 58.4 Å². The van der Waals surface area contributed by atoms with Gasteiger partial charge >= 0.3 is 0 Å². The van der Waals surface area contributed by atoms with Gasteiger partial charge in [-0.3, -0.25) is 4.79 Å². The van der Waals surface area contributed by atoms with Gasteiger partial charge in [-0.05, 0) is 64.6 Å². The number of amides is 1. The lowest BCUT2D eigenvalue weighted by molar-refractivity contribution is -0.121. The number of likely N-dealkylation sites (tertiary alicyclic amines) is 1. The monoisotopic (exact) mass is 269 g/mol. The largest absolute Gasteiger partial charge is 0.356 e. The van der Waals surface area contributed by atoms with Crippen LogP contribution in [-0.4, -0.2) is 43.0 Å². The van der Waals surface area contributed by atoms with Crippen molar-refractivity contribution in [1.29, 1.82) is 0 Å². The molecular weight excluding hydrogens is 238 g/mol. The molecule has 0 radical (unpaired) electrons. The zero-order valence-corrected chi connectivity index (χ0v) is 12.7. The maximum absolute atomic E-state index is 11.6. The number of hydrogen-bond donors (Lipinski definition) is 2. The summed E-state index contributed by atoms with van der Waals surface area (Å²) in [6, 6.07) is 0.203. The van der Waals surface area contributed by atoms with Crippen LogP contribution in [0.3, 0.4) is 0 Å². The summed E-state index contributed by atoms with van der Waals surface area (Å²) in [7, 11) is 0. The molecule has 1 aliphatic rings. The minimum Gasteiger partial charge on any atom is -0.356 e. The van der Waals surface area contributed by atoms with Crippen LogP contribution in [0.25, 0.3) is 0 Å². The molecule has 4 heteroatoms. The average molecular weight is 269 g/mol. The third kappa shape index (κ3) is 8.22. The molecule has 0 saturated carbocycles. The van der Waals surface area contributed by atoms with Crippen LogP contribution in [-0.2, 0) is 4.79 Å². The van der Waals surface area contributed by atoms with Crippen LogP contribution in [0.15, 0.2) is 0 Å². The van der Waals surface area contributed by atoms with Crippen LogP contribution in [0.4, 0.5) is 0 Å². The second kappa shape index (κ2) is 9.32. The number of carbonyl (C=O) groups is 1. The second-order valence-electron chi connectivity index (χ2n) is 6.10. The molecule has 4 nitrogen and oxygen atoms in total. The molecule has 112 valence electrons. The number of rotatable bonds is 8. The van der Waals surface area contributed by atoms with Crippen LogP contribution in [0.1, 0.15) is 52.4 Å². The van der Waals surface area contributed by atoms with Gasteiger partial charge in [-0.15, -0.1) is 0 Å². The zero-order valence-electron chi connectivity index (χ0n) is 12.7. The molecule has 1 rings (SSSR count). The van der Waals surface area contributed by atoms with Gasteiger partial charge in [-0.2, -0.15) is 0 Å². The lowest BCUT2D eigenvalue weighted by atomic mass is 9.99. The van der Waals surface area contributed by atoms with Gasteiger partial charge in [0.15, 0.2) is 0 Å². The van der Waals surface area contributed by atoms with Crippen LogP contribution in [0.5, 0.6) is 0 Å². The summed E-state index contributed by atoms with van der Waals surface area (Å²) in [5.74, 6) is 1.06. The number of nitrogens with zero attached hydrogens (tertiary/aromatic N) is 1. The smallest absolute Gasteiger partial charge is 0.219 e. The van der Waals surface area contributed by atoms with Gasteiger partial charge in [0.05, 0.1) is 0 Å². The summed E-state index contributed by atoms with van der Waals surface area (Å²) in [4.78, 5) is 14.1. The lowest BCUT2D eigenvalue weighted by Gasteiger charge is -2.30. The Balaban J connectivity index is 1.94. The molecule has 0 aromatic heterocycles. The Morgan fingerprint density at radius 2 is 2.05 bits per heavy atom. The van der Waals surface area contributed by atoms with Gasteiger partial charge in [0, 0.05) is 19.0 Å². The van der Waals surface area contributed by atoms with Gasteiger partial charge in [0.2, 0.25) is 5.91 Å². The molecule has 1 atom stereocenters. The third-order valence-electron chi connectivity index (χ3n) is 3.91. The summed E-state index contributed by atoms with van der Waals surface area (Å²) in [6.45, 7) is 8.69. The van der Waals surface area contributed by atoms with Crippen molar-refractivity contribution in [3.8, 4) is 0 Å². The fourth-order valence-corrected chi connectivity index (χ4v) is 2.49.